The third-order valence-electron chi connectivity index (χ3n) is 5.50. The number of ether oxygens (including phenoxy) is 1. The first kappa shape index (κ1) is 19.4. The quantitative estimate of drug-likeness (QED) is 0.517. The first-order chi connectivity index (χ1) is 15.2. The largest absolute Gasteiger partial charge is 0.472 e. The third kappa shape index (κ3) is 4.06. The lowest BCUT2D eigenvalue weighted by Gasteiger charge is -2.23. The SMILES string of the molecule is CN(C)c1cnc(-c2ccc3[nH]cc(-c4cncc(O[C@@H]5CCCNC5)n4)c3c2)cn1. The summed E-state index contributed by atoms with van der Waals surface area (Å²) >= 11 is 0. The second-order valence-corrected chi connectivity index (χ2v) is 7.95. The summed E-state index contributed by atoms with van der Waals surface area (Å²) in [6.45, 7) is 1.89. The van der Waals surface area contributed by atoms with Crippen molar-refractivity contribution in [3.63, 3.8) is 0 Å². The molecule has 31 heavy (non-hydrogen) atoms. The molecule has 4 heterocycles. The fourth-order valence-electron chi connectivity index (χ4n) is 3.82. The Morgan fingerprint density at radius 3 is 2.77 bits per heavy atom. The first-order valence-electron chi connectivity index (χ1n) is 10.5. The predicted molar refractivity (Wildman–Crippen MR) is 121 cm³/mol. The number of benzene rings is 1. The van der Waals surface area contributed by atoms with E-state index in [1.54, 1.807) is 24.8 Å². The van der Waals surface area contributed by atoms with Gasteiger partial charge in [0.2, 0.25) is 5.88 Å². The minimum absolute atomic E-state index is 0.136. The van der Waals surface area contributed by atoms with Crippen molar-refractivity contribution in [2.45, 2.75) is 18.9 Å². The van der Waals surface area contributed by atoms with Gasteiger partial charge in [0.1, 0.15) is 11.9 Å². The van der Waals surface area contributed by atoms with E-state index >= 15 is 0 Å². The Hall–Kier alpha value is -3.52. The Balaban J connectivity index is 1.46. The van der Waals surface area contributed by atoms with Crippen molar-refractivity contribution >= 4 is 16.7 Å². The average molecular weight is 416 g/mol. The molecule has 0 aliphatic carbocycles. The maximum absolute atomic E-state index is 6.06. The van der Waals surface area contributed by atoms with Gasteiger partial charge in [-0.3, -0.25) is 9.97 Å². The fraction of sp³-hybridized carbons (Fsp3) is 0.304. The van der Waals surface area contributed by atoms with E-state index in [9.17, 15) is 0 Å². The van der Waals surface area contributed by atoms with Crippen LogP contribution in [0.15, 0.2) is 49.2 Å². The van der Waals surface area contributed by atoms with E-state index in [4.69, 9.17) is 9.72 Å². The van der Waals surface area contributed by atoms with Crippen LogP contribution in [-0.4, -0.2) is 58.2 Å². The number of hydrogen-bond acceptors (Lipinski definition) is 7. The van der Waals surface area contributed by atoms with Crippen LogP contribution < -0.4 is 15.0 Å². The number of rotatable bonds is 5. The van der Waals surface area contributed by atoms with Gasteiger partial charge in [-0.15, -0.1) is 0 Å². The zero-order chi connectivity index (χ0) is 21.2. The van der Waals surface area contributed by atoms with E-state index in [-0.39, 0.29) is 6.10 Å². The number of nitrogens with zero attached hydrogens (tertiary/aromatic N) is 5. The normalized spacial score (nSPS) is 16.4. The number of fused-ring (bicyclic) bond motifs is 1. The molecule has 1 saturated heterocycles. The molecular formula is C23H25N7O. The van der Waals surface area contributed by atoms with Crippen molar-refractivity contribution in [3.05, 3.63) is 49.2 Å². The molecule has 8 heteroatoms. The van der Waals surface area contributed by atoms with Crippen LogP contribution in [0.25, 0.3) is 33.4 Å². The van der Waals surface area contributed by atoms with E-state index in [1.165, 1.54) is 0 Å². The average Bonchev–Trinajstić information content (AvgIpc) is 3.23. The number of H-pyrrole nitrogens is 1. The van der Waals surface area contributed by atoms with Crippen LogP contribution in [0, 0.1) is 0 Å². The van der Waals surface area contributed by atoms with Crippen LogP contribution in [0.2, 0.25) is 0 Å². The van der Waals surface area contributed by atoms with Crippen LogP contribution in [0.1, 0.15) is 12.8 Å². The smallest absolute Gasteiger partial charge is 0.233 e. The Bertz CT molecular complexity index is 1180. The first-order valence-corrected chi connectivity index (χ1v) is 10.5. The maximum Gasteiger partial charge on any atom is 0.233 e. The van der Waals surface area contributed by atoms with Crippen molar-refractivity contribution in [2.24, 2.45) is 0 Å². The fourth-order valence-corrected chi connectivity index (χ4v) is 3.82. The molecule has 2 N–H and O–H groups in total. The zero-order valence-corrected chi connectivity index (χ0v) is 17.7. The van der Waals surface area contributed by atoms with Gasteiger partial charge in [0.05, 0.1) is 36.2 Å². The van der Waals surface area contributed by atoms with E-state index in [0.717, 1.165) is 65.2 Å². The van der Waals surface area contributed by atoms with Gasteiger partial charge < -0.3 is 19.9 Å². The van der Waals surface area contributed by atoms with Gasteiger partial charge in [-0.2, -0.15) is 0 Å². The van der Waals surface area contributed by atoms with Crippen molar-refractivity contribution < 1.29 is 4.74 Å². The van der Waals surface area contributed by atoms with Crippen LogP contribution in [0.5, 0.6) is 5.88 Å². The summed E-state index contributed by atoms with van der Waals surface area (Å²) in [5.74, 6) is 1.38. The topological polar surface area (TPSA) is 91.9 Å². The van der Waals surface area contributed by atoms with E-state index in [2.05, 4.69) is 37.4 Å². The number of nitrogens with one attached hydrogen (secondary N) is 2. The molecule has 1 aliphatic heterocycles. The highest BCUT2D eigenvalue weighted by Crippen LogP contribution is 2.31. The van der Waals surface area contributed by atoms with Gasteiger partial charge >= 0.3 is 0 Å². The van der Waals surface area contributed by atoms with Gasteiger partial charge in [-0.1, -0.05) is 6.07 Å². The molecule has 1 aromatic carbocycles. The predicted octanol–water partition coefficient (Wildman–Crippen LogP) is 3.28. The standard InChI is InChI=1S/C23H25N7O/c1-30(2)22-13-27-20(12-28-22)15-5-6-19-17(8-15)18(10-26-19)21-11-25-14-23(29-21)31-16-4-3-7-24-9-16/h5-6,8,10-14,16,24,26H,3-4,7,9H2,1-2H3/t16-/m1/s1. The van der Waals surface area contributed by atoms with Crippen LogP contribution in [-0.2, 0) is 0 Å². The number of aromatic nitrogens is 5. The van der Waals surface area contributed by atoms with Gasteiger partial charge in [0.25, 0.3) is 0 Å². The highest BCUT2D eigenvalue weighted by Gasteiger charge is 2.16. The summed E-state index contributed by atoms with van der Waals surface area (Å²) in [5.41, 5.74) is 4.61. The summed E-state index contributed by atoms with van der Waals surface area (Å²) in [4.78, 5) is 23.4. The van der Waals surface area contributed by atoms with Crippen LogP contribution in [0.4, 0.5) is 5.82 Å². The van der Waals surface area contributed by atoms with Crippen LogP contribution in [0.3, 0.4) is 0 Å². The molecule has 8 nitrogen and oxygen atoms in total. The number of anilines is 1. The molecule has 0 unspecified atom stereocenters. The maximum atomic E-state index is 6.06. The lowest BCUT2D eigenvalue weighted by molar-refractivity contribution is 0.160. The zero-order valence-electron chi connectivity index (χ0n) is 17.7. The van der Waals surface area contributed by atoms with E-state index in [1.807, 2.05) is 31.3 Å². The molecule has 0 bridgehead atoms. The molecule has 5 rings (SSSR count). The molecule has 1 atom stereocenters. The summed E-state index contributed by atoms with van der Waals surface area (Å²) in [5, 5.41) is 4.42. The molecular weight excluding hydrogens is 390 g/mol. The van der Waals surface area contributed by atoms with Gasteiger partial charge in [-0.25, -0.2) is 9.97 Å². The van der Waals surface area contributed by atoms with Crippen molar-refractivity contribution in [3.8, 4) is 28.4 Å². The monoisotopic (exact) mass is 415 g/mol. The molecule has 1 aliphatic rings. The lowest BCUT2D eigenvalue weighted by atomic mass is 10.1. The highest BCUT2D eigenvalue weighted by molar-refractivity contribution is 5.96. The molecule has 0 spiro atoms. The lowest BCUT2D eigenvalue weighted by Crippen LogP contribution is -2.37. The second-order valence-electron chi connectivity index (χ2n) is 7.95. The van der Waals surface area contributed by atoms with Crippen molar-refractivity contribution in [2.75, 3.05) is 32.1 Å². The van der Waals surface area contributed by atoms with Crippen LogP contribution >= 0.6 is 0 Å². The molecule has 0 saturated carbocycles. The minimum Gasteiger partial charge on any atom is -0.472 e. The Morgan fingerprint density at radius 2 is 2.00 bits per heavy atom. The van der Waals surface area contributed by atoms with Gasteiger partial charge in [-0.05, 0) is 31.5 Å². The molecule has 158 valence electrons. The number of hydrogen-bond donors (Lipinski definition) is 2. The molecule has 4 aromatic rings. The highest BCUT2D eigenvalue weighted by atomic mass is 16.5. The Morgan fingerprint density at radius 1 is 1.06 bits per heavy atom. The summed E-state index contributed by atoms with van der Waals surface area (Å²) in [6.07, 6.45) is 11.3. The summed E-state index contributed by atoms with van der Waals surface area (Å²) in [6, 6.07) is 6.21. The van der Waals surface area contributed by atoms with Gasteiger partial charge in [0.15, 0.2) is 0 Å². The van der Waals surface area contributed by atoms with Crippen molar-refractivity contribution in [1.29, 1.82) is 0 Å². The summed E-state index contributed by atoms with van der Waals surface area (Å²) < 4.78 is 6.06. The van der Waals surface area contributed by atoms with E-state index < -0.39 is 0 Å². The third-order valence-corrected chi connectivity index (χ3v) is 5.50. The van der Waals surface area contributed by atoms with E-state index in [0.29, 0.717) is 5.88 Å². The molecule has 0 radical (unpaired) electrons. The minimum atomic E-state index is 0.136. The Kier molecular flexibility index (Phi) is 5.21. The molecule has 1 fully saturated rings. The molecule has 0 amide bonds. The number of piperidine rings is 1. The van der Waals surface area contributed by atoms with Gasteiger partial charge in [0, 0.05) is 48.9 Å². The summed E-state index contributed by atoms with van der Waals surface area (Å²) in [7, 11) is 3.90. The van der Waals surface area contributed by atoms with Crippen molar-refractivity contribution in [1.82, 2.24) is 30.2 Å². The second kappa shape index (κ2) is 8.31. The Labute approximate surface area is 180 Å². The number of aromatic amines is 1. The molecule has 3 aromatic heterocycles.